The SMILES string of the molecule is CC(OC(=O)Cc1ccccc1[N+](=O)[O-])C(=O)N1CCCc2ccccc21. The number of carbonyl (C=O) groups is 2. The Morgan fingerprint density at radius 2 is 1.89 bits per heavy atom. The zero-order valence-electron chi connectivity index (χ0n) is 15.0. The van der Waals surface area contributed by atoms with Crippen molar-refractivity contribution in [2.24, 2.45) is 0 Å². The highest BCUT2D eigenvalue weighted by Crippen LogP contribution is 2.27. The summed E-state index contributed by atoms with van der Waals surface area (Å²) in [4.78, 5) is 37.1. The van der Waals surface area contributed by atoms with E-state index in [9.17, 15) is 19.7 Å². The molecule has 27 heavy (non-hydrogen) atoms. The van der Waals surface area contributed by atoms with E-state index >= 15 is 0 Å². The highest BCUT2D eigenvalue weighted by molar-refractivity contribution is 5.98. The van der Waals surface area contributed by atoms with Gasteiger partial charge in [0.15, 0.2) is 6.10 Å². The van der Waals surface area contributed by atoms with Crippen molar-refractivity contribution in [3.05, 3.63) is 69.8 Å². The first-order valence-electron chi connectivity index (χ1n) is 8.78. The van der Waals surface area contributed by atoms with E-state index in [0.29, 0.717) is 6.54 Å². The van der Waals surface area contributed by atoms with E-state index in [1.165, 1.54) is 25.1 Å². The van der Waals surface area contributed by atoms with Crippen LogP contribution in [0.5, 0.6) is 0 Å². The third-order valence-electron chi connectivity index (χ3n) is 4.56. The number of anilines is 1. The molecule has 0 fully saturated rings. The molecule has 0 bridgehead atoms. The normalized spacial score (nSPS) is 14.2. The van der Waals surface area contributed by atoms with Crippen LogP contribution in [0.2, 0.25) is 0 Å². The van der Waals surface area contributed by atoms with Crippen molar-refractivity contribution in [2.45, 2.75) is 32.3 Å². The fourth-order valence-electron chi connectivity index (χ4n) is 3.27. The lowest BCUT2D eigenvalue weighted by atomic mass is 10.0. The molecule has 7 nitrogen and oxygen atoms in total. The number of nitro groups is 1. The van der Waals surface area contributed by atoms with Gasteiger partial charge in [-0.1, -0.05) is 36.4 Å². The Labute approximate surface area is 156 Å². The molecule has 1 atom stereocenters. The lowest BCUT2D eigenvalue weighted by Gasteiger charge is -2.31. The Hall–Kier alpha value is -3.22. The molecule has 0 aromatic heterocycles. The lowest BCUT2D eigenvalue weighted by molar-refractivity contribution is -0.385. The Morgan fingerprint density at radius 3 is 2.67 bits per heavy atom. The number of hydrogen-bond donors (Lipinski definition) is 0. The van der Waals surface area contributed by atoms with Crippen LogP contribution in [0.3, 0.4) is 0 Å². The Morgan fingerprint density at radius 1 is 1.19 bits per heavy atom. The highest BCUT2D eigenvalue weighted by Gasteiger charge is 2.28. The maximum Gasteiger partial charge on any atom is 0.311 e. The Bertz CT molecular complexity index is 880. The minimum atomic E-state index is -0.966. The smallest absolute Gasteiger partial charge is 0.311 e. The predicted octanol–water partition coefficient (Wildman–Crippen LogP) is 3.05. The number of benzene rings is 2. The summed E-state index contributed by atoms with van der Waals surface area (Å²) in [5.74, 6) is -0.964. The summed E-state index contributed by atoms with van der Waals surface area (Å²) < 4.78 is 5.27. The van der Waals surface area contributed by atoms with Crippen molar-refractivity contribution in [3.63, 3.8) is 0 Å². The maximum absolute atomic E-state index is 12.8. The molecular formula is C20H20N2O5. The third-order valence-corrected chi connectivity index (χ3v) is 4.56. The predicted molar refractivity (Wildman–Crippen MR) is 99.5 cm³/mol. The first kappa shape index (κ1) is 18.6. The molecule has 1 unspecified atom stereocenters. The average Bonchev–Trinajstić information content (AvgIpc) is 2.67. The number of ether oxygens (including phenoxy) is 1. The second-order valence-corrected chi connectivity index (χ2v) is 6.42. The Kier molecular flexibility index (Phi) is 5.49. The van der Waals surface area contributed by atoms with E-state index in [-0.39, 0.29) is 23.6 Å². The minimum Gasteiger partial charge on any atom is -0.452 e. The summed E-state index contributed by atoms with van der Waals surface area (Å²) in [7, 11) is 0. The number of nitrogens with zero attached hydrogens (tertiary/aromatic N) is 2. The van der Waals surface area contributed by atoms with Gasteiger partial charge in [0, 0.05) is 23.9 Å². The van der Waals surface area contributed by atoms with E-state index in [4.69, 9.17) is 4.74 Å². The van der Waals surface area contributed by atoms with Gasteiger partial charge in [-0.25, -0.2) is 0 Å². The molecule has 1 amide bonds. The fourth-order valence-corrected chi connectivity index (χ4v) is 3.27. The largest absolute Gasteiger partial charge is 0.452 e. The van der Waals surface area contributed by atoms with Crippen molar-refractivity contribution in [1.29, 1.82) is 0 Å². The van der Waals surface area contributed by atoms with E-state index in [1.54, 1.807) is 11.0 Å². The highest BCUT2D eigenvalue weighted by atomic mass is 16.6. The van der Waals surface area contributed by atoms with Crippen LogP contribution in [0.25, 0.3) is 0 Å². The van der Waals surface area contributed by atoms with Gasteiger partial charge >= 0.3 is 5.97 Å². The number of nitro benzene ring substituents is 1. The van der Waals surface area contributed by atoms with Gasteiger partial charge in [-0.05, 0) is 31.4 Å². The number of fused-ring (bicyclic) bond motifs is 1. The van der Waals surface area contributed by atoms with Crippen molar-refractivity contribution in [3.8, 4) is 0 Å². The van der Waals surface area contributed by atoms with E-state index in [1.807, 2.05) is 24.3 Å². The summed E-state index contributed by atoms with van der Waals surface area (Å²) in [6.45, 7) is 2.10. The Balaban J connectivity index is 1.67. The molecule has 0 N–H and O–H groups in total. The van der Waals surface area contributed by atoms with Crippen LogP contribution >= 0.6 is 0 Å². The number of hydrogen-bond acceptors (Lipinski definition) is 5. The minimum absolute atomic E-state index is 0.140. The van der Waals surface area contributed by atoms with Gasteiger partial charge in [0.25, 0.3) is 11.6 Å². The van der Waals surface area contributed by atoms with Gasteiger partial charge in [0.05, 0.1) is 11.3 Å². The monoisotopic (exact) mass is 368 g/mol. The van der Waals surface area contributed by atoms with E-state index in [2.05, 4.69) is 0 Å². The quantitative estimate of drug-likeness (QED) is 0.460. The number of esters is 1. The molecule has 7 heteroatoms. The zero-order chi connectivity index (χ0) is 19.4. The second-order valence-electron chi connectivity index (χ2n) is 6.42. The average molecular weight is 368 g/mol. The molecular weight excluding hydrogens is 348 g/mol. The first-order valence-corrected chi connectivity index (χ1v) is 8.78. The van der Waals surface area contributed by atoms with Crippen LogP contribution in [0, 0.1) is 10.1 Å². The molecule has 0 spiro atoms. The van der Waals surface area contributed by atoms with Gasteiger partial charge in [-0.3, -0.25) is 19.7 Å². The summed E-state index contributed by atoms with van der Waals surface area (Å²) >= 11 is 0. The first-order chi connectivity index (χ1) is 13.0. The van der Waals surface area contributed by atoms with Crippen molar-refractivity contribution in [1.82, 2.24) is 0 Å². The van der Waals surface area contributed by atoms with Gasteiger partial charge in [0.2, 0.25) is 0 Å². The van der Waals surface area contributed by atoms with Gasteiger partial charge in [0.1, 0.15) is 0 Å². The van der Waals surface area contributed by atoms with Crippen molar-refractivity contribution < 1.29 is 19.2 Å². The van der Waals surface area contributed by atoms with Crippen LogP contribution in [0.15, 0.2) is 48.5 Å². The number of carbonyl (C=O) groups excluding carboxylic acids is 2. The fraction of sp³-hybridized carbons (Fsp3) is 0.300. The van der Waals surface area contributed by atoms with Gasteiger partial charge in [-0.2, -0.15) is 0 Å². The zero-order valence-corrected chi connectivity index (χ0v) is 15.0. The molecule has 0 aliphatic carbocycles. The molecule has 3 rings (SSSR count). The molecule has 1 aliphatic rings. The maximum atomic E-state index is 12.8. The summed E-state index contributed by atoms with van der Waals surface area (Å²) in [6, 6.07) is 13.7. The molecule has 2 aromatic rings. The van der Waals surface area contributed by atoms with Crippen LogP contribution in [0.1, 0.15) is 24.5 Å². The van der Waals surface area contributed by atoms with Gasteiger partial charge < -0.3 is 9.64 Å². The molecule has 0 saturated carbocycles. The van der Waals surface area contributed by atoms with Gasteiger partial charge in [-0.15, -0.1) is 0 Å². The molecule has 0 radical (unpaired) electrons. The number of rotatable bonds is 5. The summed E-state index contributed by atoms with van der Waals surface area (Å²) in [5, 5.41) is 11.0. The topological polar surface area (TPSA) is 89.7 Å². The molecule has 1 heterocycles. The van der Waals surface area contributed by atoms with E-state index < -0.39 is 17.0 Å². The van der Waals surface area contributed by atoms with Crippen molar-refractivity contribution in [2.75, 3.05) is 11.4 Å². The lowest BCUT2D eigenvalue weighted by Crippen LogP contribution is -2.42. The second kappa shape index (κ2) is 7.99. The standard InChI is InChI=1S/C20H20N2O5/c1-14(20(24)21-12-6-9-15-7-2-4-10-17(15)21)27-19(23)13-16-8-3-5-11-18(16)22(25)26/h2-5,7-8,10-11,14H,6,9,12-13H2,1H3. The molecule has 140 valence electrons. The molecule has 1 aliphatic heterocycles. The number of para-hydroxylation sites is 2. The van der Waals surface area contributed by atoms with E-state index in [0.717, 1.165) is 24.1 Å². The summed E-state index contributed by atoms with van der Waals surface area (Å²) in [5.41, 5.74) is 2.06. The summed E-state index contributed by atoms with van der Waals surface area (Å²) in [6.07, 6.45) is 0.531. The van der Waals surface area contributed by atoms with Crippen LogP contribution < -0.4 is 4.90 Å². The van der Waals surface area contributed by atoms with Crippen molar-refractivity contribution >= 4 is 23.3 Å². The number of amides is 1. The molecule has 2 aromatic carbocycles. The van der Waals surface area contributed by atoms with Crippen LogP contribution in [0.4, 0.5) is 11.4 Å². The molecule has 0 saturated heterocycles. The van der Waals surface area contributed by atoms with Crippen LogP contribution in [-0.4, -0.2) is 29.4 Å². The third kappa shape index (κ3) is 4.13. The number of aryl methyl sites for hydroxylation is 1. The van der Waals surface area contributed by atoms with Crippen LogP contribution in [-0.2, 0) is 27.2 Å².